The summed E-state index contributed by atoms with van der Waals surface area (Å²) in [4.78, 5) is 2.45. The second-order valence-electron chi connectivity index (χ2n) is 7.47. The second kappa shape index (κ2) is 11.2. The first kappa shape index (κ1) is 19.7. The Morgan fingerprint density at radius 1 is 0.955 bits per heavy atom. The van der Waals surface area contributed by atoms with E-state index in [0.29, 0.717) is 6.42 Å². The zero-order valence-electron chi connectivity index (χ0n) is 15.2. The molecule has 0 N–H and O–H groups in total. The Morgan fingerprint density at radius 2 is 1.59 bits per heavy atom. The highest BCUT2D eigenvalue weighted by Crippen LogP contribution is 2.23. The largest absolute Gasteiger partial charge is 0.310 e. The fourth-order valence-corrected chi connectivity index (χ4v) is 6.10. The third-order valence-corrected chi connectivity index (χ3v) is 8.75. The van der Waals surface area contributed by atoms with Gasteiger partial charge in [-0.15, -0.1) is 0 Å². The van der Waals surface area contributed by atoms with Crippen molar-refractivity contribution in [3.05, 3.63) is 0 Å². The van der Waals surface area contributed by atoms with E-state index in [2.05, 4.69) is 35.6 Å². The first-order chi connectivity index (χ1) is 10.6. The molecular formula is C18H37N3Si. The molecule has 1 saturated heterocycles. The third-order valence-electron chi connectivity index (χ3n) is 5.09. The lowest BCUT2D eigenvalue weighted by Crippen LogP contribution is -2.47. The Labute approximate surface area is 139 Å². The van der Waals surface area contributed by atoms with Crippen molar-refractivity contribution < 1.29 is 0 Å². The number of rotatable bonds is 12. The van der Waals surface area contributed by atoms with Crippen LogP contribution < -0.4 is 0 Å². The van der Waals surface area contributed by atoms with Gasteiger partial charge in [-0.05, 0) is 6.04 Å². The minimum Gasteiger partial charge on any atom is -0.310 e. The molecule has 1 heterocycles. The molecule has 0 saturated carbocycles. The molecule has 1 aliphatic rings. The third kappa shape index (κ3) is 7.76. The molecule has 1 aliphatic heterocycles. The van der Waals surface area contributed by atoms with Gasteiger partial charge >= 0.3 is 0 Å². The van der Waals surface area contributed by atoms with Crippen molar-refractivity contribution in [2.24, 2.45) is 0 Å². The van der Waals surface area contributed by atoms with E-state index in [1.54, 1.807) is 0 Å². The van der Waals surface area contributed by atoms with Crippen molar-refractivity contribution in [2.75, 3.05) is 26.3 Å². The van der Waals surface area contributed by atoms with E-state index in [1.165, 1.54) is 64.0 Å². The molecule has 0 unspecified atom stereocenters. The Hall–Kier alpha value is -0.373. The maximum absolute atomic E-state index is 8.71. The van der Waals surface area contributed by atoms with Crippen LogP contribution in [0, 0.1) is 11.3 Å². The minimum atomic E-state index is -1.22. The van der Waals surface area contributed by atoms with Gasteiger partial charge in [0, 0.05) is 32.7 Å². The van der Waals surface area contributed by atoms with E-state index in [-0.39, 0.29) is 0 Å². The highest BCUT2D eigenvalue weighted by molar-refractivity contribution is 6.74. The van der Waals surface area contributed by atoms with Crippen LogP contribution in [-0.4, -0.2) is 44.0 Å². The van der Waals surface area contributed by atoms with Gasteiger partial charge in [0.2, 0.25) is 0 Å². The van der Waals surface area contributed by atoms with Gasteiger partial charge in [-0.1, -0.05) is 71.4 Å². The molecule has 0 bridgehead atoms. The average Bonchev–Trinajstić information content (AvgIpc) is 2.97. The van der Waals surface area contributed by atoms with Gasteiger partial charge in [0.25, 0.3) is 0 Å². The Kier molecular flexibility index (Phi) is 10.0. The first-order valence-electron chi connectivity index (χ1n) is 9.44. The molecule has 0 radical (unpaired) electrons. The van der Waals surface area contributed by atoms with Gasteiger partial charge in [-0.3, -0.25) is 4.90 Å². The Balaban J connectivity index is 2.10. The Morgan fingerprint density at radius 3 is 2.23 bits per heavy atom. The smallest absolute Gasteiger partial charge is 0.123 e. The lowest BCUT2D eigenvalue weighted by Gasteiger charge is -2.33. The van der Waals surface area contributed by atoms with Crippen LogP contribution in [0.5, 0.6) is 0 Å². The predicted molar refractivity (Wildman–Crippen MR) is 98.3 cm³/mol. The molecule has 3 nitrogen and oxygen atoms in total. The summed E-state index contributed by atoms with van der Waals surface area (Å²) >= 11 is 0. The molecule has 0 atom stereocenters. The van der Waals surface area contributed by atoms with Crippen LogP contribution in [0.4, 0.5) is 0 Å². The molecule has 0 aromatic heterocycles. The summed E-state index contributed by atoms with van der Waals surface area (Å²) in [5.74, 6) is 0. The molecule has 1 rings (SSSR count). The number of nitrogens with zero attached hydrogens (tertiary/aromatic N) is 3. The Bertz CT molecular complexity index is 325. The zero-order valence-corrected chi connectivity index (χ0v) is 16.2. The van der Waals surface area contributed by atoms with Crippen LogP contribution in [0.15, 0.2) is 0 Å². The van der Waals surface area contributed by atoms with Crippen LogP contribution >= 0.6 is 0 Å². The van der Waals surface area contributed by atoms with Crippen molar-refractivity contribution in [3.8, 4) is 6.07 Å². The molecule has 0 aromatic carbocycles. The van der Waals surface area contributed by atoms with Crippen molar-refractivity contribution in [3.63, 3.8) is 0 Å². The zero-order chi connectivity index (χ0) is 16.3. The highest BCUT2D eigenvalue weighted by Gasteiger charge is 2.33. The van der Waals surface area contributed by atoms with Gasteiger partial charge < -0.3 is 4.57 Å². The van der Waals surface area contributed by atoms with E-state index in [4.69, 9.17) is 5.26 Å². The number of nitriles is 1. The van der Waals surface area contributed by atoms with E-state index >= 15 is 0 Å². The van der Waals surface area contributed by atoms with Crippen molar-refractivity contribution in [2.45, 2.75) is 83.8 Å². The summed E-state index contributed by atoms with van der Waals surface area (Å²) in [6.45, 7) is 11.8. The fraction of sp³-hybridized carbons (Fsp3) is 0.944. The summed E-state index contributed by atoms with van der Waals surface area (Å²) < 4.78 is 2.74. The molecule has 22 heavy (non-hydrogen) atoms. The van der Waals surface area contributed by atoms with Gasteiger partial charge in [-0.25, -0.2) is 0 Å². The lowest BCUT2D eigenvalue weighted by molar-refractivity contribution is 0.307. The van der Waals surface area contributed by atoms with E-state index in [0.717, 1.165) is 19.8 Å². The first-order valence-corrected chi connectivity index (χ1v) is 12.6. The van der Waals surface area contributed by atoms with E-state index < -0.39 is 8.24 Å². The fourth-order valence-electron chi connectivity index (χ4n) is 3.38. The van der Waals surface area contributed by atoms with Crippen LogP contribution in [-0.2, 0) is 0 Å². The lowest BCUT2D eigenvalue weighted by atomic mass is 10.1. The number of unbranched alkanes of at least 4 members (excludes halogenated alkanes) is 7. The summed E-state index contributed by atoms with van der Waals surface area (Å²) in [5, 5.41) is 8.71. The van der Waals surface area contributed by atoms with E-state index in [9.17, 15) is 0 Å². The van der Waals surface area contributed by atoms with Crippen LogP contribution in [0.1, 0.15) is 64.7 Å². The number of hydrogen-bond donors (Lipinski definition) is 0. The van der Waals surface area contributed by atoms with Crippen molar-refractivity contribution in [1.29, 1.82) is 5.26 Å². The molecule has 1 fully saturated rings. The van der Waals surface area contributed by atoms with Gasteiger partial charge in [0.1, 0.15) is 8.24 Å². The molecule has 0 aliphatic carbocycles. The maximum Gasteiger partial charge on any atom is 0.123 e. The molecule has 4 heteroatoms. The van der Waals surface area contributed by atoms with Crippen LogP contribution in [0.2, 0.25) is 19.1 Å². The van der Waals surface area contributed by atoms with Crippen LogP contribution in [0.25, 0.3) is 0 Å². The molecular weight excluding hydrogens is 286 g/mol. The summed E-state index contributed by atoms with van der Waals surface area (Å²) in [6.07, 6.45) is 12.0. The van der Waals surface area contributed by atoms with E-state index in [1.807, 2.05) is 0 Å². The SMILES string of the molecule is CCCCCCCCCC[Si](C)(C)N1CCN(CCC#N)C1. The summed E-state index contributed by atoms with van der Waals surface area (Å²) in [5.41, 5.74) is 0. The molecule has 0 spiro atoms. The minimum absolute atomic E-state index is 0.674. The summed E-state index contributed by atoms with van der Waals surface area (Å²) in [7, 11) is -1.22. The van der Waals surface area contributed by atoms with Gasteiger partial charge in [0.15, 0.2) is 0 Å². The molecule has 0 amide bonds. The normalized spacial score (nSPS) is 17.0. The molecule has 128 valence electrons. The summed E-state index contributed by atoms with van der Waals surface area (Å²) in [6, 6.07) is 3.70. The quantitative estimate of drug-likeness (QED) is 0.381. The van der Waals surface area contributed by atoms with Gasteiger partial charge in [-0.2, -0.15) is 5.26 Å². The topological polar surface area (TPSA) is 30.3 Å². The van der Waals surface area contributed by atoms with Crippen LogP contribution in [0.3, 0.4) is 0 Å². The van der Waals surface area contributed by atoms with Crippen molar-refractivity contribution >= 4 is 8.24 Å². The van der Waals surface area contributed by atoms with Crippen molar-refractivity contribution in [1.82, 2.24) is 9.47 Å². The monoisotopic (exact) mass is 323 g/mol. The van der Waals surface area contributed by atoms with Gasteiger partial charge in [0.05, 0.1) is 6.07 Å². The molecule has 0 aromatic rings. The standard InChI is InChI=1S/C18H37N3Si/c1-4-5-6-7-8-9-10-11-17-22(2,3)21-16-15-20(18-21)14-12-13-19/h4-12,14-18H2,1-3H3. The average molecular weight is 324 g/mol. The second-order valence-corrected chi connectivity index (χ2v) is 12.2. The maximum atomic E-state index is 8.71. The highest BCUT2D eigenvalue weighted by atomic mass is 28.3. The number of hydrogen-bond acceptors (Lipinski definition) is 3. The predicted octanol–water partition coefficient (Wildman–Crippen LogP) is 4.82.